The lowest BCUT2D eigenvalue weighted by Gasteiger charge is -2.38. The zero-order valence-electron chi connectivity index (χ0n) is 22.5. The van der Waals surface area contributed by atoms with E-state index in [1.165, 1.54) is 6.07 Å². The molecule has 1 amide bonds. The molecule has 2 aliphatic rings. The smallest absolute Gasteiger partial charge is 0.310 e. The Morgan fingerprint density at radius 3 is 2.44 bits per heavy atom. The number of rotatable bonds is 6. The first kappa shape index (κ1) is 26.6. The van der Waals surface area contributed by atoms with Gasteiger partial charge in [-0.2, -0.15) is 0 Å². The molecule has 5 rings (SSSR count). The molecule has 2 aromatic carbocycles. The number of likely N-dealkylation sites (tertiary alicyclic amines) is 1. The van der Waals surface area contributed by atoms with Crippen LogP contribution in [0.4, 0.5) is 15.9 Å². The molecule has 1 aromatic heterocycles. The topological polar surface area (TPSA) is 78.9 Å². The standard InChI is InChI=1S/C30H34FN5O3/c1-3-39-30(38)23-7-6-14-36(20-23)29(37)24-19-32-27(22-12-10-21(2)11-13-22)33-28(24)35-17-15-34(16-18-35)26-9-5-4-8-25(26)31/h4-5,8-13,19,23H,3,6-7,14-18,20H2,1-2H3. The number of piperazine rings is 1. The molecule has 39 heavy (non-hydrogen) atoms. The molecule has 0 saturated carbocycles. The number of ether oxygens (including phenoxy) is 1. The van der Waals surface area contributed by atoms with Gasteiger partial charge >= 0.3 is 5.97 Å². The van der Waals surface area contributed by atoms with Gasteiger partial charge in [-0.15, -0.1) is 0 Å². The number of carbonyl (C=O) groups is 2. The summed E-state index contributed by atoms with van der Waals surface area (Å²) >= 11 is 0. The van der Waals surface area contributed by atoms with Crippen LogP contribution >= 0.6 is 0 Å². The van der Waals surface area contributed by atoms with Gasteiger partial charge in [0, 0.05) is 51.0 Å². The van der Waals surface area contributed by atoms with E-state index in [0.29, 0.717) is 75.2 Å². The molecule has 2 aliphatic heterocycles. The Hall–Kier alpha value is -4.01. The fourth-order valence-electron chi connectivity index (χ4n) is 5.26. The van der Waals surface area contributed by atoms with Gasteiger partial charge in [-0.3, -0.25) is 9.59 Å². The zero-order valence-corrected chi connectivity index (χ0v) is 22.5. The Kier molecular flexibility index (Phi) is 8.05. The van der Waals surface area contributed by atoms with E-state index in [1.54, 1.807) is 30.2 Å². The van der Waals surface area contributed by atoms with Crippen LogP contribution in [0.25, 0.3) is 11.4 Å². The number of halogens is 1. The maximum Gasteiger partial charge on any atom is 0.310 e. The van der Waals surface area contributed by atoms with E-state index in [9.17, 15) is 14.0 Å². The van der Waals surface area contributed by atoms with Crippen LogP contribution in [0.2, 0.25) is 0 Å². The molecule has 2 saturated heterocycles. The summed E-state index contributed by atoms with van der Waals surface area (Å²) in [4.78, 5) is 41.5. The van der Waals surface area contributed by atoms with E-state index in [0.717, 1.165) is 17.5 Å². The predicted octanol–water partition coefficient (Wildman–Crippen LogP) is 4.33. The van der Waals surface area contributed by atoms with E-state index in [2.05, 4.69) is 9.88 Å². The number of aryl methyl sites for hydroxylation is 1. The normalized spacial score (nSPS) is 17.7. The molecule has 204 valence electrons. The van der Waals surface area contributed by atoms with E-state index in [1.807, 2.05) is 42.2 Å². The number of esters is 1. The molecule has 0 aliphatic carbocycles. The first-order valence-electron chi connectivity index (χ1n) is 13.6. The predicted molar refractivity (Wildman–Crippen MR) is 148 cm³/mol. The van der Waals surface area contributed by atoms with Crippen LogP contribution in [-0.2, 0) is 9.53 Å². The second kappa shape index (κ2) is 11.8. The quantitative estimate of drug-likeness (QED) is 0.438. The molecule has 3 aromatic rings. The fraction of sp³-hybridized carbons (Fsp3) is 0.400. The number of aromatic nitrogens is 2. The van der Waals surface area contributed by atoms with Gasteiger partial charge in [0.1, 0.15) is 17.2 Å². The third-order valence-electron chi connectivity index (χ3n) is 7.41. The third-order valence-corrected chi connectivity index (χ3v) is 7.41. The summed E-state index contributed by atoms with van der Waals surface area (Å²) in [5.74, 6) is 0.0875. The first-order chi connectivity index (χ1) is 18.9. The van der Waals surface area contributed by atoms with Gasteiger partial charge in [-0.1, -0.05) is 42.0 Å². The van der Waals surface area contributed by atoms with Crippen LogP contribution in [0, 0.1) is 18.7 Å². The number of amides is 1. The molecule has 0 bridgehead atoms. The van der Waals surface area contributed by atoms with Crippen molar-refractivity contribution >= 4 is 23.4 Å². The average molecular weight is 532 g/mol. The second-order valence-electron chi connectivity index (χ2n) is 10.1. The highest BCUT2D eigenvalue weighted by atomic mass is 19.1. The molecule has 9 heteroatoms. The second-order valence-corrected chi connectivity index (χ2v) is 10.1. The number of hydrogen-bond donors (Lipinski definition) is 0. The molecule has 1 atom stereocenters. The number of carbonyl (C=O) groups excluding carboxylic acids is 2. The Morgan fingerprint density at radius 2 is 1.72 bits per heavy atom. The van der Waals surface area contributed by atoms with Crippen molar-refractivity contribution in [3.63, 3.8) is 0 Å². The van der Waals surface area contributed by atoms with Crippen molar-refractivity contribution in [1.29, 1.82) is 0 Å². The monoisotopic (exact) mass is 531 g/mol. The van der Waals surface area contributed by atoms with Crippen LogP contribution in [-0.4, -0.2) is 72.6 Å². The maximum absolute atomic E-state index is 14.4. The highest BCUT2D eigenvalue weighted by Gasteiger charge is 2.33. The van der Waals surface area contributed by atoms with Crippen LogP contribution in [0.15, 0.2) is 54.7 Å². The lowest BCUT2D eigenvalue weighted by Crippen LogP contribution is -2.48. The summed E-state index contributed by atoms with van der Waals surface area (Å²) in [5.41, 5.74) is 2.99. The van der Waals surface area contributed by atoms with Gasteiger partial charge < -0.3 is 19.4 Å². The largest absolute Gasteiger partial charge is 0.466 e. The van der Waals surface area contributed by atoms with E-state index < -0.39 is 0 Å². The van der Waals surface area contributed by atoms with E-state index >= 15 is 0 Å². The van der Waals surface area contributed by atoms with Crippen LogP contribution < -0.4 is 9.80 Å². The minimum Gasteiger partial charge on any atom is -0.466 e. The molecule has 1 unspecified atom stereocenters. The molecule has 3 heterocycles. The van der Waals surface area contributed by atoms with Gasteiger partial charge in [0.25, 0.3) is 5.91 Å². The number of nitrogens with zero attached hydrogens (tertiary/aromatic N) is 5. The summed E-state index contributed by atoms with van der Waals surface area (Å²) in [6, 6.07) is 14.7. The van der Waals surface area contributed by atoms with Crippen molar-refractivity contribution in [2.75, 3.05) is 55.7 Å². The van der Waals surface area contributed by atoms with Crippen LogP contribution in [0.3, 0.4) is 0 Å². The summed E-state index contributed by atoms with van der Waals surface area (Å²) in [6.07, 6.45) is 3.04. The number of piperidine rings is 1. The maximum atomic E-state index is 14.4. The van der Waals surface area contributed by atoms with Gasteiger partial charge in [-0.05, 0) is 38.8 Å². The first-order valence-corrected chi connectivity index (χ1v) is 13.6. The van der Waals surface area contributed by atoms with Gasteiger partial charge in [0.2, 0.25) is 0 Å². The number of benzene rings is 2. The van der Waals surface area contributed by atoms with Crippen LogP contribution in [0.1, 0.15) is 35.7 Å². The SMILES string of the molecule is CCOC(=O)C1CCCN(C(=O)c2cnc(-c3ccc(C)cc3)nc2N2CCN(c3ccccc3F)CC2)C1. The zero-order chi connectivity index (χ0) is 27.4. The summed E-state index contributed by atoms with van der Waals surface area (Å²) in [7, 11) is 0. The Balaban J connectivity index is 1.42. The van der Waals surface area contributed by atoms with Gasteiger partial charge in [-0.25, -0.2) is 14.4 Å². The Labute approximate surface area is 228 Å². The molecule has 0 N–H and O–H groups in total. The average Bonchev–Trinajstić information content (AvgIpc) is 2.97. The van der Waals surface area contributed by atoms with E-state index in [4.69, 9.17) is 9.72 Å². The van der Waals surface area contributed by atoms with Crippen molar-refractivity contribution in [1.82, 2.24) is 14.9 Å². The fourth-order valence-corrected chi connectivity index (χ4v) is 5.26. The van der Waals surface area contributed by atoms with Crippen molar-refractivity contribution in [3.05, 3.63) is 71.7 Å². The molecule has 2 fully saturated rings. The minimum atomic E-state index is -0.330. The number of anilines is 2. The number of hydrogen-bond acceptors (Lipinski definition) is 7. The van der Waals surface area contributed by atoms with E-state index in [-0.39, 0.29) is 23.6 Å². The van der Waals surface area contributed by atoms with Crippen molar-refractivity contribution < 1.29 is 18.7 Å². The highest BCUT2D eigenvalue weighted by Crippen LogP contribution is 2.28. The summed E-state index contributed by atoms with van der Waals surface area (Å²) in [6.45, 7) is 7.34. The van der Waals surface area contributed by atoms with Gasteiger partial charge in [0.05, 0.1) is 18.2 Å². The highest BCUT2D eigenvalue weighted by molar-refractivity contribution is 5.99. The lowest BCUT2D eigenvalue weighted by molar-refractivity contribution is -0.149. The molecular weight excluding hydrogens is 497 g/mol. The summed E-state index contributed by atoms with van der Waals surface area (Å²) in [5, 5.41) is 0. The Bertz CT molecular complexity index is 1320. The van der Waals surface area contributed by atoms with Gasteiger partial charge in [0.15, 0.2) is 5.82 Å². The molecule has 0 radical (unpaired) electrons. The summed E-state index contributed by atoms with van der Waals surface area (Å²) < 4.78 is 19.6. The molecule has 8 nitrogen and oxygen atoms in total. The molecular formula is C30H34FN5O3. The third kappa shape index (κ3) is 5.87. The van der Waals surface area contributed by atoms with Crippen molar-refractivity contribution in [2.45, 2.75) is 26.7 Å². The minimum absolute atomic E-state index is 0.189. The van der Waals surface area contributed by atoms with Crippen LogP contribution in [0.5, 0.6) is 0 Å². The molecule has 0 spiro atoms. The lowest BCUT2D eigenvalue weighted by atomic mass is 9.97. The number of para-hydroxylation sites is 1. The van der Waals surface area contributed by atoms with Crippen molar-refractivity contribution in [3.8, 4) is 11.4 Å². The Morgan fingerprint density at radius 1 is 1.00 bits per heavy atom. The van der Waals surface area contributed by atoms with Crippen molar-refractivity contribution in [2.24, 2.45) is 5.92 Å².